The van der Waals surface area contributed by atoms with Crippen LogP contribution in [0, 0.1) is 0 Å². The monoisotopic (exact) mass is 249 g/mol. The van der Waals surface area contributed by atoms with Crippen LogP contribution in [0.5, 0.6) is 0 Å². The summed E-state index contributed by atoms with van der Waals surface area (Å²) in [6, 6.07) is 0.0911. The van der Waals surface area contributed by atoms with Crippen LogP contribution in [0.15, 0.2) is 0 Å². The van der Waals surface area contributed by atoms with Gasteiger partial charge in [-0.1, -0.05) is 0 Å². The molecule has 0 aromatic heterocycles. The molecule has 6 heteroatoms. The third-order valence-electron chi connectivity index (χ3n) is 3.57. The molecule has 16 heavy (non-hydrogen) atoms. The lowest BCUT2D eigenvalue weighted by Crippen LogP contribution is -2.44. The average molecular weight is 249 g/mol. The van der Waals surface area contributed by atoms with Crippen molar-refractivity contribution in [2.75, 3.05) is 26.5 Å². The second-order valence-electron chi connectivity index (χ2n) is 4.62. The Morgan fingerprint density at radius 3 is 2.12 bits per heavy atom. The van der Waals surface area contributed by atoms with Crippen molar-refractivity contribution in [2.45, 2.75) is 37.5 Å². The molecule has 2 rings (SSSR count). The molecule has 94 valence electrons. The van der Waals surface area contributed by atoms with Crippen molar-refractivity contribution in [3.8, 4) is 0 Å². The van der Waals surface area contributed by atoms with E-state index < -0.39 is 15.8 Å². The molecular weight excluding hydrogens is 230 g/mol. The van der Waals surface area contributed by atoms with Gasteiger partial charge in [-0.3, -0.25) is 0 Å². The third-order valence-corrected chi connectivity index (χ3v) is 4.91. The van der Waals surface area contributed by atoms with E-state index in [1.807, 2.05) is 0 Å². The van der Waals surface area contributed by atoms with E-state index in [0.717, 1.165) is 25.7 Å². The summed E-state index contributed by atoms with van der Waals surface area (Å²) in [5.74, 6) is -0.408. The summed E-state index contributed by atoms with van der Waals surface area (Å²) in [6.07, 6.45) is 4.45. The largest absolute Gasteiger partial charge is 0.348 e. The summed E-state index contributed by atoms with van der Waals surface area (Å²) < 4.78 is 35.5. The van der Waals surface area contributed by atoms with Gasteiger partial charge < -0.3 is 9.47 Å². The van der Waals surface area contributed by atoms with Gasteiger partial charge in [-0.15, -0.1) is 0 Å². The molecule has 5 nitrogen and oxygen atoms in total. The number of hydrogen-bond donors (Lipinski definition) is 0. The molecule has 0 atom stereocenters. The molecule has 1 saturated carbocycles. The summed E-state index contributed by atoms with van der Waals surface area (Å²) in [7, 11) is -1.44. The van der Waals surface area contributed by atoms with Crippen molar-refractivity contribution in [3.63, 3.8) is 0 Å². The molecule has 2 fully saturated rings. The van der Waals surface area contributed by atoms with Crippen LogP contribution in [0.1, 0.15) is 25.7 Å². The minimum Gasteiger partial charge on any atom is -0.348 e. The van der Waals surface area contributed by atoms with Crippen molar-refractivity contribution in [2.24, 2.45) is 0 Å². The maximum atomic E-state index is 11.4. The van der Waals surface area contributed by atoms with Crippen molar-refractivity contribution in [1.82, 2.24) is 4.31 Å². The second kappa shape index (κ2) is 4.25. The van der Waals surface area contributed by atoms with E-state index in [1.165, 1.54) is 10.6 Å². The second-order valence-corrected chi connectivity index (χ2v) is 6.66. The van der Waals surface area contributed by atoms with Crippen molar-refractivity contribution in [3.05, 3.63) is 0 Å². The van der Waals surface area contributed by atoms with Crippen LogP contribution in [-0.4, -0.2) is 51.1 Å². The van der Waals surface area contributed by atoms with E-state index in [9.17, 15) is 8.42 Å². The van der Waals surface area contributed by atoms with E-state index in [2.05, 4.69) is 0 Å². The van der Waals surface area contributed by atoms with E-state index in [-0.39, 0.29) is 6.04 Å². The molecule has 0 radical (unpaired) electrons. The molecule has 1 spiro atoms. The predicted molar refractivity (Wildman–Crippen MR) is 59.5 cm³/mol. The van der Waals surface area contributed by atoms with Crippen LogP contribution in [-0.2, 0) is 19.5 Å². The highest BCUT2D eigenvalue weighted by atomic mass is 32.2. The van der Waals surface area contributed by atoms with Gasteiger partial charge in [0.15, 0.2) is 5.79 Å². The van der Waals surface area contributed by atoms with Crippen molar-refractivity contribution < 1.29 is 17.9 Å². The topological polar surface area (TPSA) is 55.8 Å². The Labute approximate surface area is 96.8 Å². The lowest BCUT2D eigenvalue weighted by atomic mass is 9.90. The Balaban J connectivity index is 1.95. The molecule has 0 N–H and O–H groups in total. The zero-order chi connectivity index (χ0) is 11.8. The van der Waals surface area contributed by atoms with Gasteiger partial charge in [0.05, 0.1) is 19.5 Å². The van der Waals surface area contributed by atoms with Crippen LogP contribution in [0.2, 0.25) is 0 Å². The van der Waals surface area contributed by atoms with Crippen molar-refractivity contribution in [1.29, 1.82) is 0 Å². The zero-order valence-corrected chi connectivity index (χ0v) is 10.6. The number of hydrogen-bond acceptors (Lipinski definition) is 4. The number of nitrogens with zero attached hydrogens (tertiary/aromatic N) is 1. The summed E-state index contributed by atoms with van der Waals surface area (Å²) in [5, 5.41) is 0. The Morgan fingerprint density at radius 1 is 1.19 bits per heavy atom. The van der Waals surface area contributed by atoms with Crippen LogP contribution < -0.4 is 0 Å². The first-order valence-corrected chi connectivity index (χ1v) is 7.49. The summed E-state index contributed by atoms with van der Waals surface area (Å²) >= 11 is 0. The number of ether oxygens (including phenoxy) is 2. The number of rotatable bonds is 2. The maximum Gasteiger partial charge on any atom is 0.211 e. The maximum absolute atomic E-state index is 11.4. The quantitative estimate of drug-likeness (QED) is 0.717. The van der Waals surface area contributed by atoms with Crippen LogP contribution in [0.3, 0.4) is 0 Å². The van der Waals surface area contributed by atoms with Crippen LogP contribution in [0.25, 0.3) is 0 Å². The van der Waals surface area contributed by atoms with Gasteiger partial charge in [0.2, 0.25) is 10.0 Å². The minimum atomic E-state index is -3.09. The Hall–Kier alpha value is -0.170. The minimum absolute atomic E-state index is 0.0911. The van der Waals surface area contributed by atoms with Crippen LogP contribution in [0.4, 0.5) is 0 Å². The molecule has 1 aliphatic carbocycles. The molecule has 0 unspecified atom stereocenters. The number of sulfonamides is 1. The lowest BCUT2D eigenvalue weighted by molar-refractivity contribution is -0.181. The summed E-state index contributed by atoms with van der Waals surface area (Å²) in [4.78, 5) is 0. The van der Waals surface area contributed by atoms with E-state index in [1.54, 1.807) is 7.05 Å². The lowest BCUT2D eigenvalue weighted by Gasteiger charge is -2.38. The fraction of sp³-hybridized carbons (Fsp3) is 1.00. The van der Waals surface area contributed by atoms with E-state index in [4.69, 9.17) is 9.47 Å². The third kappa shape index (κ3) is 2.40. The van der Waals surface area contributed by atoms with Crippen molar-refractivity contribution >= 4 is 10.0 Å². The standard InChI is InChI=1S/C10H19NO4S/c1-11(16(2,12)13)9-3-5-10(6-4-9)14-7-8-15-10/h9H,3-8H2,1-2H3. The Bertz CT molecular complexity index is 338. The first kappa shape index (κ1) is 12.3. The molecule has 2 aliphatic rings. The normalized spacial score (nSPS) is 26.7. The molecule has 1 saturated heterocycles. The predicted octanol–water partition coefficient (Wildman–Crippen LogP) is 0.564. The first-order chi connectivity index (χ1) is 7.43. The Kier molecular flexibility index (Phi) is 3.27. The first-order valence-electron chi connectivity index (χ1n) is 5.64. The zero-order valence-electron chi connectivity index (χ0n) is 9.81. The molecule has 1 aliphatic heterocycles. The molecule has 1 heterocycles. The molecule has 0 amide bonds. The van der Waals surface area contributed by atoms with Gasteiger partial charge in [0.25, 0.3) is 0 Å². The van der Waals surface area contributed by atoms with E-state index >= 15 is 0 Å². The average Bonchev–Trinajstić information content (AvgIpc) is 2.66. The fourth-order valence-corrected chi connectivity index (χ4v) is 3.21. The SMILES string of the molecule is CN(C1CCC2(CC1)OCCO2)S(C)(=O)=O. The van der Waals surface area contributed by atoms with Gasteiger partial charge in [-0.05, 0) is 12.8 Å². The van der Waals surface area contributed by atoms with Gasteiger partial charge >= 0.3 is 0 Å². The smallest absolute Gasteiger partial charge is 0.211 e. The van der Waals surface area contributed by atoms with Crippen LogP contribution >= 0.6 is 0 Å². The van der Waals surface area contributed by atoms with Gasteiger partial charge in [-0.2, -0.15) is 0 Å². The molecule has 0 aromatic carbocycles. The highest BCUT2D eigenvalue weighted by Crippen LogP contribution is 2.37. The molecule has 0 bridgehead atoms. The summed E-state index contributed by atoms with van der Waals surface area (Å²) in [6.45, 7) is 1.32. The van der Waals surface area contributed by atoms with Gasteiger partial charge in [-0.25, -0.2) is 12.7 Å². The molecule has 0 aromatic rings. The molecular formula is C10H19NO4S. The Morgan fingerprint density at radius 2 is 1.69 bits per heavy atom. The van der Waals surface area contributed by atoms with E-state index in [0.29, 0.717) is 13.2 Å². The van der Waals surface area contributed by atoms with Gasteiger partial charge in [0.1, 0.15) is 0 Å². The summed E-state index contributed by atoms with van der Waals surface area (Å²) in [5.41, 5.74) is 0. The highest BCUT2D eigenvalue weighted by Gasteiger charge is 2.42. The van der Waals surface area contributed by atoms with Gasteiger partial charge in [0, 0.05) is 25.9 Å². The fourth-order valence-electron chi connectivity index (χ4n) is 2.46. The highest BCUT2D eigenvalue weighted by molar-refractivity contribution is 7.88.